The Balaban J connectivity index is 2.00. The van der Waals surface area contributed by atoms with Gasteiger partial charge >= 0.3 is 5.69 Å². The number of nitrogens with two attached hydrogens (primary N) is 1. The standard InChI is InChI=1S/C14H17N5O3/c1-9(12(20)7-10-5-3-2-4-6-10)17-14-16-8-11(19(21)22)13(15)18-14/h2-6,8-9,12,20H,7H2,1H3,(H3,15,16,17,18). The average molecular weight is 303 g/mol. The summed E-state index contributed by atoms with van der Waals surface area (Å²) in [5.74, 6) is -0.0741. The second-order valence-corrected chi connectivity index (χ2v) is 4.91. The fourth-order valence-corrected chi connectivity index (χ4v) is 1.93. The summed E-state index contributed by atoms with van der Waals surface area (Å²) in [6, 6.07) is 9.22. The van der Waals surface area contributed by atoms with E-state index >= 15 is 0 Å². The zero-order valence-electron chi connectivity index (χ0n) is 12.0. The van der Waals surface area contributed by atoms with Gasteiger partial charge in [0, 0.05) is 6.42 Å². The lowest BCUT2D eigenvalue weighted by Crippen LogP contribution is -2.33. The van der Waals surface area contributed by atoms with Crippen molar-refractivity contribution in [2.24, 2.45) is 0 Å². The molecule has 0 saturated carbocycles. The van der Waals surface area contributed by atoms with Crippen LogP contribution in [0.1, 0.15) is 12.5 Å². The number of nitrogens with zero attached hydrogens (tertiary/aromatic N) is 3. The van der Waals surface area contributed by atoms with E-state index in [4.69, 9.17) is 5.73 Å². The van der Waals surface area contributed by atoms with Crippen LogP contribution in [-0.2, 0) is 6.42 Å². The van der Waals surface area contributed by atoms with E-state index in [1.54, 1.807) is 6.92 Å². The van der Waals surface area contributed by atoms with Crippen LogP contribution < -0.4 is 11.1 Å². The molecule has 1 heterocycles. The van der Waals surface area contributed by atoms with Crippen molar-refractivity contribution in [1.29, 1.82) is 0 Å². The molecule has 0 amide bonds. The largest absolute Gasteiger partial charge is 0.391 e. The molecule has 1 aromatic heterocycles. The first-order chi connectivity index (χ1) is 10.5. The summed E-state index contributed by atoms with van der Waals surface area (Å²) in [5, 5.41) is 23.7. The zero-order valence-corrected chi connectivity index (χ0v) is 12.0. The molecule has 22 heavy (non-hydrogen) atoms. The van der Waals surface area contributed by atoms with E-state index in [0.717, 1.165) is 11.8 Å². The Hall–Kier alpha value is -2.74. The third-order valence-electron chi connectivity index (χ3n) is 3.22. The maximum Gasteiger partial charge on any atom is 0.329 e. The van der Waals surface area contributed by atoms with Crippen molar-refractivity contribution >= 4 is 17.5 Å². The Morgan fingerprint density at radius 1 is 1.41 bits per heavy atom. The minimum Gasteiger partial charge on any atom is -0.391 e. The monoisotopic (exact) mass is 303 g/mol. The highest BCUT2D eigenvalue weighted by molar-refractivity contribution is 5.53. The summed E-state index contributed by atoms with van der Waals surface area (Å²) in [4.78, 5) is 17.7. The number of nitrogen functional groups attached to an aromatic ring is 1. The SMILES string of the molecule is CC(Nc1ncc([N+](=O)[O-])c(N)n1)C(O)Cc1ccccc1. The Bertz CT molecular complexity index is 650. The van der Waals surface area contributed by atoms with Crippen molar-refractivity contribution < 1.29 is 10.0 Å². The van der Waals surface area contributed by atoms with Gasteiger partial charge in [0.15, 0.2) is 0 Å². The predicted octanol–water partition coefficient (Wildman–Crippen LogP) is 1.37. The van der Waals surface area contributed by atoms with Gasteiger partial charge in [-0.05, 0) is 12.5 Å². The van der Waals surface area contributed by atoms with Gasteiger partial charge in [-0.25, -0.2) is 4.98 Å². The fraction of sp³-hybridized carbons (Fsp3) is 0.286. The average Bonchev–Trinajstić information content (AvgIpc) is 2.47. The van der Waals surface area contributed by atoms with E-state index < -0.39 is 11.0 Å². The highest BCUT2D eigenvalue weighted by Gasteiger charge is 2.18. The van der Waals surface area contributed by atoms with Gasteiger partial charge in [0.1, 0.15) is 6.20 Å². The van der Waals surface area contributed by atoms with Crippen LogP contribution in [0.15, 0.2) is 36.5 Å². The smallest absolute Gasteiger partial charge is 0.329 e. The van der Waals surface area contributed by atoms with Gasteiger partial charge in [0.05, 0.1) is 17.1 Å². The predicted molar refractivity (Wildman–Crippen MR) is 82.3 cm³/mol. The first kappa shape index (κ1) is 15.6. The molecule has 1 aromatic carbocycles. The Morgan fingerprint density at radius 2 is 2.09 bits per heavy atom. The molecule has 0 fully saturated rings. The van der Waals surface area contributed by atoms with Crippen molar-refractivity contribution in [3.05, 3.63) is 52.2 Å². The van der Waals surface area contributed by atoms with E-state index in [9.17, 15) is 15.2 Å². The van der Waals surface area contributed by atoms with E-state index in [1.807, 2.05) is 30.3 Å². The number of nitrogens with one attached hydrogen (secondary N) is 1. The van der Waals surface area contributed by atoms with Crippen LogP contribution in [0.5, 0.6) is 0 Å². The van der Waals surface area contributed by atoms with Crippen molar-refractivity contribution in [3.63, 3.8) is 0 Å². The molecule has 0 aliphatic rings. The number of aliphatic hydroxyl groups excluding tert-OH is 1. The van der Waals surface area contributed by atoms with Crippen LogP contribution in [0, 0.1) is 10.1 Å². The topological polar surface area (TPSA) is 127 Å². The lowest BCUT2D eigenvalue weighted by Gasteiger charge is -2.20. The number of rotatable bonds is 6. The summed E-state index contributed by atoms with van der Waals surface area (Å²) in [7, 11) is 0. The molecule has 8 heteroatoms. The highest BCUT2D eigenvalue weighted by atomic mass is 16.6. The number of nitro groups is 1. The molecule has 2 atom stereocenters. The number of aliphatic hydroxyl groups is 1. The zero-order chi connectivity index (χ0) is 16.1. The third kappa shape index (κ3) is 3.89. The van der Waals surface area contributed by atoms with Gasteiger partial charge in [0.25, 0.3) is 0 Å². The maximum atomic E-state index is 10.7. The summed E-state index contributed by atoms with van der Waals surface area (Å²) >= 11 is 0. The normalized spacial score (nSPS) is 13.4. The van der Waals surface area contributed by atoms with Crippen LogP contribution in [0.2, 0.25) is 0 Å². The second kappa shape index (κ2) is 6.81. The number of benzene rings is 1. The lowest BCUT2D eigenvalue weighted by molar-refractivity contribution is -0.384. The minimum absolute atomic E-state index is 0.141. The molecule has 0 saturated heterocycles. The molecular formula is C14H17N5O3. The van der Waals surface area contributed by atoms with Crippen molar-refractivity contribution in [1.82, 2.24) is 9.97 Å². The molecule has 2 unspecified atom stereocenters. The summed E-state index contributed by atoms with van der Waals surface area (Å²) < 4.78 is 0. The van der Waals surface area contributed by atoms with Crippen LogP contribution in [0.4, 0.5) is 17.5 Å². The van der Waals surface area contributed by atoms with E-state index in [0.29, 0.717) is 6.42 Å². The van der Waals surface area contributed by atoms with Crippen molar-refractivity contribution in [3.8, 4) is 0 Å². The van der Waals surface area contributed by atoms with Gasteiger partial charge in [-0.1, -0.05) is 30.3 Å². The molecule has 0 radical (unpaired) electrons. The molecule has 0 bridgehead atoms. The van der Waals surface area contributed by atoms with E-state index in [1.165, 1.54) is 0 Å². The van der Waals surface area contributed by atoms with Crippen LogP contribution >= 0.6 is 0 Å². The van der Waals surface area contributed by atoms with Gasteiger partial charge in [0.2, 0.25) is 11.8 Å². The Morgan fingerprint density at radius 3 is 2.68 bits per heavy atom. The first-order valence-corrected chi connectivity index (χ1v) is 6.73. The fourth-order valence-electron chi connectivity index (χ4n) is 1.93. The molecule has 4 N–H and O–H groups in total. The summed E-state index contributed by atoms with van der Waals surface area (Å²) in [6.45, 7) is 1.77. The van der Waals surface area contributed by atoms with Gasteiger partial charge in [-0.15, -0.1) is 0 Å². The van der Waals surface area contributed by atoms with Crippen molar-refractivity contribution in [2.75, 3.05) is 11.1 Å². The highest BCUT2D eigenvalue weighted by Crippen LogP contribution is 2.19. The second-order valence-electron chi connectivity index (χ2n) is 4.91. The molecule has 0 spiro atoms. The first-order valence-electron chi connectivity index (χ1n) is 6.73. The molecule has 2 rings (SSSR count). The van der Waals surface area contributed by atoms with Gasteiger partial charge in [-0.3, -0.25) is 10.1 Å². The molecule has 2 aromatic rings. The Kier molecular flexibility index (Phi) is 4.84. The van der Waals surface area contributed by atoms with E-state index in [-0.39, 0.29) is 23.5 Å². The maximum absolute atomic E-state index is 10.7. The van der Waals surface area contributed by atoms with Gasteiger partial charge < -0.3 is 16.2 Å². The molecular weight excluding hydrogens is 286 g/mol. The molecule has 0 aliphatic heterocycles. The van der Waals surface area contributed by atoms with Crippen LogP contribution in [0.25, 0.3) is 0 Å². The number of hydrogen-bond donors (Lipinski definition) is 3. The van der Waals surface area contributed by atoms with E-state index in [2.05, 4.69) is 15.3 Å². The Labute approximate surface area is 127 Å². The minimum atomic E-state index is -0.664. The number of aromatic nitrogens is 2. The number of anilines is 2. The quantitative estimate of drug-likeness (QED) is 0.543. The molecule has 0 aliphatic carbocycles. The molecule has 8 nitrogen and oxygen atoms in total. The number of hydrogen-bond acceptors (Lipinski definition) is 7. The van der Waals surface area contributed by atoms with Crippen LogP contribution in [-0.4, -0.2) is 32.1 Å². The third-order valence-corrected chi connectivity index (χ3v) is 3.22. The summed E-state index contributed by atoms with van der Waals surface area (Å²) in [6.07, 6.45) is 0.848. The van der Waals surface area contributed by atoms with Crippen molar-refractivity contribution in [2.45, 2.75) is 25.5 Å². The lowest BCUT2D eigenvalue weighted by atomic mass is 10.0. The summed E-state index contributed by atoms with van der Waals surface area (Å²) in [5.41, 5.74) is 6.17. The van der Waals surface area contributed by atoms with Crippen LogP contribution in [0.3, 0.4) is 0 Å². The van der Waals surface area contributed by atoms with Gasteiger partial charge in [-0.2, -0.15) is 4.98 Å². The molecule has 116 valence electrons.